The molecule has 0 unspecified atom stereocenters. The van der Waals surface area contributed by atoms with Crippen LogP contribution >= 0.6 is 11.3 Å². The van der Waals surface area contributed by atoms with E-state index in [-0.39, 0.29) is 6.61 Å². The summed E-state index contributed by atoms with van der Waals surface area (Å²) in [5.74, 6) is 0. The van der Waals surface area contributed by atoms with Crippen LogP contribution in [0.5, 0.6) is 0 Å². The highest BCUT2D eigenvalue weighted by Gasteiger charge is 2.01. The topological polar surface area (TPSA) is 69.4 Å². The van der Waals surface area contributed by atoms with Crippen LogP contribution in [0.4, 0.5) is 0 Å². The lowest BCUT2D eigenvalue weighted by molar-refractivity contribution is 0.313. The molecule has 13 heavy (non-hydrogen) atoms. The fourth-order valence-corrected chi connectivity index (χ4v) is 1.94. The van der Waals surface area contributed by atoms with Crippen molar-refractivity contribution < 1.29 is 12.6 Å². The lowest BCUT2D eigenvalue weighted by atomic mass is 10.2. The van der Waals surface area contributed by atoms with Gasteiger partial charge in [-0.3, -0.25) is 4.18 Å². The number of rotatable bonds is 5. The van der Waals surface area contributed by atoms with E-state index in [2.05, 4.69) is 9.32 Å². The van der Waals surface area contributed by atoms with Crippen molar-refractivity contribution in [3.8, 4) is 0 Å². The highest BCUT2D eigenvalue weighted by Crippen LogP contribution is 2.08. The molecular formula is C7H11NO3S2. The molecule has 74 valence electrons. The molecule has 0 fully saturated rings. The summed E-state index contributed by atoms with van der Waals surface area (Å²) in [5.41, 5.74) is 1.20. The molecule has 2 N–H and O–H groups in total. The maximum Gasteiger partial charge on any atom is 0.333 e. The zero-order valence-electron chi connectivity index (χ0n) is 6.97. The molecule has 1 aromatic heterocycles. The van der Waals surface area contributed by atoms with Crippen molar-refractivity contribution in [3.63, 3.8) is 0 Å². The van der Waals surface area contributed by atoms with Crippen LogP contribution in [0.3, 0.4) is 0 Å². The lowest BCUT2D eigenvalue weighted by Crippen LogP contribution is -2.16. The third-order valence-electron chi connectivity index (χ3n) is 1.44. The first-order chi connectivity index (χ1) is 6.08. The van der Waals surface area contributed by atoms with Crippen LogP contribution in [0.25, 0.3) is 0 Å². The summed E-state index contributed by atoms with van der Waals surface area (Å²) >= 11 is 1.62. The standard InChI is InChI=1S/C7H11NO3S2/c8-13(9,10)11-4-1-2-7-3-5-12-6-7/h3,5-6H,1-2,4H2,(H2,8,9,10). The number of aryl methyl sites for hydroxylation is 1. The molecule has 0 aliphatic rings. The van der Waals surface area contributed by atoms with Crippen LogP contribution in [-0.4, -0.2) is 15.0 Å². The summed E-state index contributed by atoms with van der Waals surface area (Å²) in [6, 6.07) is 2.00. The van der Waals surface area contributed by atoms with Crippen molar-refractivity contribution in [2.45, 2.75) is 12.8 Å². The molecule has 0 aromatic carbocycles. The van der Waals surface area contributed by atoms with E-state index in [1.54, 1.807) is 11.3 Å². The van der Waals surface area contributed by atoms with Crippen LogP contribution in [-0.2, 0) is 20.9 Å². The fourth-order valence-electron chi connectivity index (χ4n) is 0.886. The van der Waals surface area contributed by atoms with E-state index < -0.39 is 10.3 Å². The van der Waals surface area contributed by atoms with E-state index in [0.29, 0.717) is 6.42 Å². The van der Waals surface area contributed by atoms with Crippen molar-refractivity contribution in [1.82, 2.24) is 0 Å². The van der Waals surface area contributed by atoms with Crippen molar-refractivity contribution >= 4 is 21.6 Å². The predicted octanol–water partition coefficient (Wildman–Crippen LogP) is 0.901. The van der Waals surface area contributed by atoms with E-state index in [0.717, 1.165) is 6.42 Å². The summed E-state index contributed by atoms with van der Waals surface area (Å²) in [4.78, 5) is 0. The average Bonchev–Trinajstić information content (AvgIpc) is 2.48. The number of hydrogen-bond donors (Lipinski definition) is 1. The molecule has 0 aliphatic heterocycles. The highest BCUT2D eigenvalue weighted by molar-refractivity contribution is 7.84. The van der Waals surface area contributed by atoms with Gasteiger partial charge in [-0.2, -0.15) is 19.8 Å². The maximum absolute atomic E-state index is 10.4. The van der Waals surface area contributed by atoms with Gasteiger partial charge in [0.25, 0.3) is 0 Å². The van der Waals surface area contributed by atoms with E-state index >= 15 is 0 Å². The van der Waals surface area contributed by atoms with Crippen LogP contribution in [0.1, 0.15) is 12.0 Å². The zero-order chi connectivity index (χ0) is 9.73. The molecule has 0 bridgehead atoms. The van der Waals surface area contributed by atoms with Crippen molar-refractivity contribution in [2.24, 2.45) is 5.14 Å². The molecule has 0 spiro atoms. The average molecular weight is 221 g/mol. The molecule has 0 saturated heterocycles. The SMILES string of the molecule is NS(=O)(=O)OCCCc1ccsc1. The van der Waals surface area contributed by atoms with Gasteiger partial charge in [-0.15, -0.1) is 0 Å². The first-order valence-electron chi connectivity index (χ1n) is 3.76. The summed E-state index contributed by atoms with van der Waals surface area (Å²) in [5, 5.41) is 8.65. The Morgan fingerprint density at radius 2 is 2.31 bits per heavy atom. The summed E-state index contributed by atoms with van der Waals surface area (Å²) < 4.78 is 25.1. The van der Waals surface area contributed by atoms with Crippen molar-refractivity contribution in [2.75, 3.05) is 6.61 Å². The molecule has 4 nitrogen and oxygen atoms in total. The van der Waals surface area contributed by atoms with Gasteiger partial charge in [0.2, 0.25) is 0 Å². The zero-order valence-corrected chi connectivity index (χ0v) is 8.60. The van der Waals surface area contributed by atoms with E-state index in [9.17, 15) is 8.42 Å². The Hall–Kier alpha value is -0.430. The first-order valence-corrected chi connectivity index (χ1v) is 6.17. The minimum Gasteiger partial charge on any atom is -0.258 e. The minimum atomic E-state index is -3.76. The molecule has 0 amide bonds. The second-order valence-corrected chi connectivity index (χ2v) is 4.55. The lowest BCUT2D eigenvalue weighted by Gasteiger charge is -1.99. The summed E-state index contributed by atoms with van der Waals surface area (Å²) in [7, 11) is -3.76. The second kappa shape index (κ2) is 4.71. The van der Waals surface area contributed by atoms with Crippen LogP contribution in [0.2, 0.25) is 0 Å². The number of nitrogens with two attached hydrogens (primary N) is 1. The Balaban J connectivity index is 2.16. The number of hydrogen-bond acceptors (Lipinski definition) is 4. The van der Waals surface area contributed by atoms with Gasteiger partial charge < -0.3 is 0 Å². The Kier molecular flexibility index (Phi) is 3.86. The Labute approximate surface area is 81.6 Å². The molecule has 1 aromatic rings. The van der Waals surface area contributed by atoms with Gasteiger partial charge in [0, 0.05) is 0 Å². The van der Waals surface area contributed by atoms with Gasteiger partial charge in [-0.1, -0.05) is 0 Å². The van der Waals surface area contributed by atoms with Gasteiger partial charge in [0.15, 0.2) is 0 Å². The van der Waals surface area contributed by atoms with Gasteiger partial charge in [-0.25, -0.2) is 5.14 Å². The largest absolute Gasteiger partial charge is 0.333 e. The first kappa shape index (κ1) is 10.6. The minimum absolute atomic E-state index is 0.147. The molecule has 0 aliphatic carbocycles. The maximum atomic E-state index is 10.4. The molecule has 6 heteroatoms. The molecule has 0 atom stereocenters. The molecule has 0 saturated carbocycles. The molecule has 0 radical (unpaired) electrons. The smallest absolute Gasteiger partial charge is 0.258 e. The van der Waals surface area contributed by atoms with Crippen molar-refractivity contribution in [3.05, 3.63) is 22.4 Å². The summed E-state index contributed by atoms with van der Waals surface area (Å²) in [6.45, 7) is 0.147. The third kappa shape index (κ3) is 4.99. The third-order valence-corrected chi connectivity index (χ3v) is 2.66. The highest BCUT2D eigenvalue weighted by atomic mass is 32.2. The van der Waals surface area contributed by atoms with Gasteiger partial charge in [0.05, 0.1) is 6.61 Å². The van der Waals surface area contributed by atoms with E-state index in [1.165, 1.54) is 5.56 Å². The fraction of sp³-hybridized carbons (Fsp3) is 0.429. The van der Waals surface area contributed by atoms with E-state index in [1.807, 2.05) is 16.8 Å². The normalized spacial score (nSPS) is 11.8. The summed E-state index contributed by atoms with van der Waals surface area (Å²) in [6.07, 6.45) is 1.48. The monoisotopic (exact) mass is 221 g/mol. The molecule has 1 heterocycles. The van der Waals surface area contributed by atoms with Gasteiger partial charge >= 0.3 is 10.3 Å². The molecular weight excluding hydrogens is 210 g/mol. The van der Waals surface area contributed by atoms with Crippen molar-refractivity contribution in [1.29, 1.82) is 0 Å². The van der Waals surface area contributed by atoms with E-state index in [4.69, 9.17) is 0 Å². The Morgan fingerprint density at radius 1 is 1.54 bits per heavy atom. The van der Waals surface area contributed by atoms with Crippen LogP contribution < -0.4 is 5.14 Å². The second-order valence-electron chi connectivity index (χ2n) is 2.55. The van der Waals surface area contributed by atoms with Gasteiger partial charge in [0.1, 0.15) is 0 Å². The van der Waals surface area contributed by atoms with Crippen LogP contribution in [0, 0.1) is 0 Å². The van der Waals surface area contributed by atoms with Gasteiger partial charge in [-0.05, 0) is 35.2 Å². The quantitative estimate of drug-likeness (QED) is 0.751. The Bertz CT molecular complexity index is 331. The predicted molar refractivity (Wildman–Crippen MR) is 51.7 cm³/mol. The molecule has 1 rings (SSSR count). The van der Waals surface area contributed by atoms with Crippen LogP contribution in [0.15, 0.2) is 16.8 Å². The number of thiophene rings is 1. The Morgan fingerprint density at radius 3 is 2.85 bits per heavy atom.